The molecule has 0 unspecified atom stereocenters. The van der Waals surface area contributed by atoms with Crippen molar-refractivity contribution in [3.63, 3.8) is 0 Å². The summed E-state index contributed by atoms with van der Waals surface area (Å²) in [6.45, 7) is 2.11. The van der Waals surface area contributed by atoms with Crippen molar-refractivity contribution in [2.45, 2.75) is 25.9 Å². The van der Waals surface area contributed by atoms with E-state index in [1.54, 1.807) is 16.2 Å². The maximum atomic E-state index is 13.9. The first-order valence-corrected chi connectivity index (χ1v) is 8.32. The Morgan fingerprint density at radius 1 is 1.43 bits per heavy atom. The molecule has 0 bridgehead atoms. The van der Waals surface area contributed by atoms with Crippen LogP contribution in [0.4, 0.5) is 4.39 Å². The quantitative estimate of drug-likeness (QED) is 0.843. The number of carbonyl (C=O) groups excluding carboxylic acids is 1. The Hall–Kier alpha value is -1.92. The highest BCUT2D eigenvalue weighted by molar-refractivity contribution is 7.07. The number of para-hydroxylation sites is 1. The van der Waals surface area contributed by atoms with Gasteiger partial charge in [-0.15, -0.1) is 0 Å². The Balaban J connectivity index is 2.38. The Morgan fingerprint density at radius 3 is 2.78 bits per heavy atom. The molecule has 1 aromatic heterocycles. The molecule has 0 aliphatic rings. The molecule has 0 radical (unpaired) electrons. The fourth-order valence-corrected chi connectivity index (χ4v) is 3.09. The number of nitrogens with zero attached hydrogens (tertiary/aromatic N) is 1. The lowest BCUT2D eigenvalue weighted by molar-refractivity contribution is 0.0560. The van der Waals surface area contributed by atoms with Crippen molar-refractivity contribution in [2.24, 2.45) is 0 Å². The molecule has 1 amide bonds. The first kappa shape index (κ1) is 17.4. The van der Waals surface area contributed by atoms with Gasteiger partial charge in [0.15, 0.2) is 11.6 Å². The molecule has 4 nitrogen and oxygen atoms in total. The molecule has 0 saturated carbocycles. The van der Waals surface area contributed by atoms with Crippen LogP contribution >= 0.6 is 11.3 Å². The number of hydrogen-bond acceptors (Lipinski definition) is 4. The van der Waals surface area contributed by atoms with Crippen LogP contribution in [0.5, 0.6) is 5.75 Å². The number of halogens is 1. The zero-order valence-electron chi connectivity index (χ0n) is 13.2. The van der Waals surface area contributed by atoms with E-state index in [2.05, 4.69) is 0 Å². The van der Waals surface area contributed by atoms with E-state index in [4.69, 9.17) is 4.74 Å². The lowest BCUT2D eigenvalue weighted by atomic mass is 10.1. The largest absolute Gasteiger partial charge is 0.493 e. The molecule has 0 saturated heterocycles. The maximum Gasteiger partial charge on any atom is 0.258 e. The number of amides is 1. The minimum absolute atomic E-state index is 0.0689. The van der Waals surface area contributed by atoms with Gasteiger partial charge in [-0.05, 0) is 40.9 Å². The van der Waals surface area contributed by atoms with Gasteiger partial charge < -0.3 is 14.7 Å². The summed E-state index contributed by atoms with van der Waals surface area (Å²) in [5, 5.41) is 13.5. The number of hydrogen-bond donors (Lipinski definition) is 1. The lowest BCUT2D eigenvalue weighted by Crippen LogP contribution is -2.41. The zero-order valence-corrected chi connectivity index (χ0v) is 14.0. The third-order valence-corrected chi connectivity index (χ3v) is 4.45. The van der Waals surface area contributed by atoms with Crippen LogP contribution in [0.3, 0.4) is 0 Å². The fraction of sp³-hybridized carbons (Fsp3) is 0.353. The van der Waals surface area contributed by atoms with Gasteiger partial charge in [0.05, 0.1) is 25.3 Å². The van der Waals surface area contributed by atoms with Crippen LogP contribution in [-0.2, 0) is 6.54 Å². The predicted molar refractivity (Wildman–Crippen MR) is 88.3 cm³/mol. The van der Waals surface area contributed by atoms with Crippen molar-refractivity contribution in [2.75, 3.05) is 13.7 Å². The number of rotatable bonds is 7. The second kappa shape index (κ2) is 8.08. The summed E-state index contributed by atoms with van der Waals surface area (Å²) in [5.41, 5.74) is 1.14. The molecular formula is C17H20FNO3S. The van der Waals surface area contributed by atoms with E-state index in [1.165, 1.54) is 25.3 Å². The summed E-state index contributed by atoms with van der Waals surface area (Å²) < 4.78 is 18.9. The van der Waals surface area contributed by atoms with Gasteiger partial charge in [-0.3, -0.25) is 4.79 Å². The van der Waals surface area contributed by atoms with Gasteiger partial charge in [-0.2, -0.15) is 11.3 Å². The average Bonchev–Trinajstić information content (AvgIpc) is 3.07. The van der Waals surface area contributed by atoms with Gasteiger partial charge in [0.25, 0.3) is 5.91 Å². The molecule has 2 aromatic rings. The highest BCUT2D eigenvalue weighted by Gasteiger charge is 2.26. The van der Waals surface area contributed by atoms with Crippen molar-refractivity contribution in [3.8, 4) is 5.75 Å². The smallest absolute Gasteiger partial charge is 0.258 e. The number of aliphatic hydroxyl groups excluding tert-OH is 1. The molecule has 1 heterocycles. The molecule has 0 aliphatic carbocycles. The van der Waals surface area contributed by atoms with Crippen LogP contribution in [0.1, 0.15) is 29.3 Å². The molecule has 1 aromatic carbocycles. The molecule has 0 spiro atoms. The molecule has 0 aliphatic heterocycles. The number of thiophene rings is 1. The van der Waals surface area contributed by atoms with Crippen molar-refractivity contribution in [3.05, 3.63) is 52.0 Å². The average molecular weight is 337 g/mol. The minimum atomic E-state index is -0.578. The summed E-state index contributed by atoms with van der Waals surface area (Å²) in [6, 6.07) is 5.86. The van der Waals surface area contributed by atoms with Crippen molar-refractivity contribution < 1.29 is 19.0 Å². The lowest BCUT2D eigenvalue weighted by Gasteiger charge is -2.30. The van der Waals surface area contributed by atoms with Crippen LogP contribution in [0.15, 0.2) is 35.0 Å². The Bertz CT molecular complexity index is 641. The summed E-state index contributed by atoms with van der Waals surface area (Å²) in [7, 11) is 1.34. The molecule has 1 atom stereocenters. The van der Waals surface area contributed by atoms with E-state index in [9.17, 15) is 14.3 Å². The molecular weight excluding hydrogens is 317 g/mol. The van der Waals surface area contributed by atoms with E-state index in [-0.39, 0.29) is 29.9 Å². The summed E-state index contributed by atoms with van der Waals surface area (Å²) in [5.74, 6) is -1.00. The molecule has 6 heteroatoms. The van der Waals surface area contributed by atoms with E-state index in [0.717, 1.165) is 5.56 Å². The van der Waals surface area contributed by atoms with Crippen molar-refractivity contribution in [1.82, 2.24) is 4.90 Å². The molecule has 124 valence electrons. The van der Waals surface area contributed by atoms with Gasteiger partial charge in [-0.25, -0.2) is 4.39 Å². The molecule has 2 rings (SSSR count). The van der Waals surface area contributed by atoms with Gasteiger partial charge >= 0.3 is 0 Å². The second-order valence-corrected chi connectivity index (χ2v) is 5.91. The third kappa shape index (κ3) is 3.89. The number of carbonyl (C=O) groups is 1. The van der Waals surface area contributed by atoms with E-state index in [1.807, 2.05) is 23.8 Å². The normalized spacial score (nSPS) is 12.0. The standard InChI is InChI=1S/C17H20FNO3S/c1-3-13(10-20)19(9-12-7-8-23-11-12)17(21)14-5-4-6-15(18)16(14)22-2/h4-8,11,13,20H,3,9-10H2,1-2H3/t13-/m0/s1. The topological polar surface area (TPSA) is 49.8 Å². The van der Waals surface area contributed by atoms with Gasteiger partial charge in [0.1, 0.15) is 0 Å². The van der Waals surface area contributed by atoms with E-state index < -0.39 is 5.82 Å². The van der Waals surface area contributed by atoms with Crippen LogP contribution in [0.2, 0.25) is 0 Å². The highest BCUT2D eigenvalue weighted by Crippen LogP contribution is 2.26. The van der Waals surface area contributed by atoms with Gasteiger partial charge in [0.2, 0.25) is 0 Å². The SMILES string of the molecule is CC[C@@H](CO)N(Cc1ccsc1)C(=O)c1cccc(F)c1OC. The van der Waals surface area contributed by atoms with Crippen LogP contribution in [-0.4, -0.2) is 35.7 Å². The first-order valence-electron chi connectivity index (χ1n) is 7.37. The summed E-state index contributed by atoms with van der Waals surface area (Å²) in [4.78, 5) is 14.5. The monoisotopic (exact) mass is 337 g/mol. The number of methoxy groups -OCH3 is 1. The van der Waals surface area contributed by atoms with Crippen molar-refractivity contribution in [1.29, 1.82) is 0 Å². The van der Waals surface area contributed by atoms with Crippen LogP contribution in [0.25, 0.3) is 0 Å². The second-order valence-electron chi connectivity index (χ2n) is 5.13. The minimum Gasteiger partial charge on any atom is -0.493 e. The number of benzene rings is 1. The zero-order chi connectivity index (χ0) is 16.8. The Kier molecular flexibility index (Phi) is 6.12. The molecule has 1 N–H and O–H groups in total. The Labute approximate surface area is 139 Å². The predicted octanol–water partition coefficient (Wildman–Crippen LogP) is 3.31. The molecule has 23 heavy (non-hydrogen) atoms. The van der Waals surface area contributed by atoms with Gasteiger partial charge in [-0.1, -0.05) is 13.0 Å². The van der Waals surface area contributed by atoms with E-state index in [0.29, 0.717) is 13.0 Å². The van der Waals surface area contributed by atoms with Gasteiger partial charge in [0, 0.05) is 6.54 Å². The van der Waals surface area contributed by atoms with Crippen LogP contribution in [0, 0.1) is 5.82 Å². The number of aliphatic hydroxyl groups is 1. The number of ether oxygens (including phenoxy) is 1. The van der Waals surface area contributed by atoms with Crippen LogP contribution < -0.4 is 4.74 Å². The summed E-state index contributed by atoms with van der Waals surface area (Å²) >= 11 is 1.54. The van der Waals surface area contributed by atoms with Crippen molar-refractivity contribution >= 4 is 17.2 Å². The first-order chi connectivity index (χ1) is 11.1. The fourth-order valence-electron chi connectivity index (χ4n) is 2.43. The third-order valence-electron chi connectivity index (χ3n) is 3.72. The maximum absolute atomic E-state index is 13.9. The Morgan fingerprint density at radius 2 is 2.22 bits per heavy atom. The van der Waals surface area contributed by atoms with E-state index >= 15 is 0 Å². The highest BCUT2D eigenvalue weighted by atomic mass is 32.1. The summed E-state index contributed by atoms with van der Waals surface area (Å²) in [6.07, 6.45) is 0.601. The molecule has 0 fully saturated rings.